The topological polar surface area (TPSA) is 81.3 Å². The molecular formula is C18H14FN5O2S. The van der Waals surface area contributed by atoms with E-state index in [1.165, 1.54) is 34.5 Å². The molecule has 1 amide bonds. The van der Waals surface area contributed by atoms with Gasteiger partial charge < -0.3 is 5.32 Å². The molecule has 2 aromatic heterocycles. The maximum atomic E-state index is 13.2. The highest BCUT2D eigenvalue weighted by Crippen LogP contribution is 2.21. The van der Waals surface area contributed by atoms with Gasteiger partial charge in [0.1, 0.15) is 5.82 Å². The van der Waals surface area contributed by atoms with Crippen LogP contribution in [0.25, 0.3) is 16.7 Å². The molecule has 0 bridgehead atoms. The Morgan fingerprint density at radius 1 is 1.19 bits per heavy atom. The van der Waals surface area contributed by atoms with Gasteiger partial charge in [-0.05, 0) is 30.3 Å². The van der Waals surface area contributed by atoms with Gasteiger partial charge in [0.15, 0.2) is 5.16 Å². The average molecular weight is 383 g/mol. The van der Waals surface area contributed by atoms with E-state index in [1.54, 1.807) is 29.6 Å². The molecule has 4 rings (SSSR count). The van der Waals surface area contributed by atoms with Crippen molar-refractivity contribution in [2.45, 2.75) is 5.16 Å². The highest BCUT2D eigenvalue weighted by Gasteiger charge is 2.16. The maximum Gasteiger partial charge on any atom is 0.262 e. The Bertz CT molecular complexity index is 1230. The smallest absolute Gasteiger partial charge is 0.262 e. The maximum absolute atomic E-state index is 13.2. The summed E-state index contributed by atoms with van der Waals surface area (Å²) in [5.74, 6) is -0.256. The molecule has 27 heavy (non-hydrogen) atoms. The minimum absolute atomic E-state index is 0.0640. The molecule has 0 atom stereocenters. The molecule has 2 aromatic carbocycles. The van der Waals surface area contributed by atoms with Crippen LogP contribution in [0.15, 0.2) is 58.5 Å². The molecule has 0 saturated carbocycles. The van der Waals surface area contributed by atoms with Gasteiger partial charge in [-0.15, -0.1) is 10.2 Å². The lowest BCUT2D eigenvalue weighted by molar-refractivity contribution is -0.113. The molecule has 0 spiro atoms. The predicted octanol–water partition coefficient (Wildman–Crippen LogP) is 2.45. The van der Waals surface area contributed by atoms with E-state index < -0.39 is 5.82 Å². The number of aromatic nitrogens is 4. The first kappa shape index (κ1) is 17.2. The standard InChI is InChI=1S/C18H14FN5O2S/c1-23-16(26)13-7-2-3-8-14(13)24-17(23)21-22-18(24)27-10-15(25)20-12-6-4-5-11(19)9-12/h2-9H,10H2,1H3,(H,20,25). The van der Waals surface area contributed by atoms with E-state index >= 15 is 0 Å². The second-order valence-corrected chi connectivity index (χ2v) is 6.79. The number of anilines is 1. The van der Waals surface area contributed by atoms with Crippen molar-refractivity contribution in [1.29, 1.82) is 0 Å². The number of hydrogen-bond donors (Lipinski definition) is 1. The van der Waals surface area contributed by atoms with Crippen molar-refractivity contribution in [3.63, 3.8) is 0 Å². The van der Waals surface area contributed by atoms with Gasteiger partial charge in [-0.25, -0.2) is 4.39 Å². The van der Waals surface area contributed by atoms with Crippen LogP contribution in [-0.4, -0.2) is 30.8 Å². The molecule has 0 saturated heterocycles. The summed E-state index contributed by atoms with van der Waals surface area (Å²) >= 11 is 1.19. The average Bonchev–Trinajstić information content (AvgIpc) is 3.09. The van der Waals surface area contributed by atoms with E-state index in [0.717, 1.165) is 0 Å². The number of rotatable bonds is 4. The third kappa shape index (κ3) is 3.17. The third-order valence-electron chi connectivity index (χ3n) is 4.04. The fraction of sp³-hybridized carbons (Fsp3) is 0.111. The van der Waals surface area contributed by atoms with Crippen LogP contribution in [0.5, 0.6) is 0 Å². The molecule has 0 radical (unpaired) electrons. The van der Waals surface area contributed by atoms with Gasteiger partial charge in [0.2, 0.25) is 11.7 Å². The fourth-order valence-electron chi connectivity index (χ4n) is 2.80. The van der Waals surface area contributed by atoms with Crippen LogP contribution in [0.2, 0.25) is 0 Å². The first-order valence-electron chi connectivity index (χ1n) is 8.05. The van der Waals surface area contributed by atoms with Crippen molar-refractivity contribution in [1.82, 2.24) is 19.2 Å². The van der Waals surface area contributed by atoms with E-state index in [-0.39, 0.29) is 17.2 Å². The summed E-state index contributed by atoms with van der Waals surface area (Å²) in [6.07, 6.45) is 0. The third-order valence-corrected chi connectivity index (χ3v) is 4.97. The summed E-state index contributed by atoms with van der Waals surface area (Å²) < 4.78 is 16.4. The number of para-hydroxylation sites is 1. The van der Waals surface area contributed by atoms with Crippen LogP contribution in [0.3, 0.4) is 0 Å². The van der Waals surface area contributed by atoms with Gasteiger partial charge in [0.25, 0.3) is 5.56 Å². The number of halogens is 1. The number of benzene rings is 2. The van der Waals surface area contributed by atoms with E-state index in [2.05, 4.69) is 15.5 Å². The van der Waals surface area contributed by atoms with Gasteiger partial charge in [-0.3, -0.25) is 18.6 Å². The molecule has 1 N–H and O–H groups in total. The van der Waals surface area contributed by atoms with Gasteiger partial charge in [0.05, 0.1) is 16.7 Å². The summed E-state index contributed by atoms with van der Waals surface area (Å²) in [5.41, 5.74) is 0.902. The number of nitrogens with one attached hydrogen (secondary N) is 1. The molecule has 0 unspecified atom stereocenters. The second kappa shape index (κ2) is 6.84. The first-order valence-corrected chi connectivity index (χ1v) is 9.04. The molecule has 136 valence electrons. The quantitative estimate of drug-likeness (QED) is 0.548. The van der Waals surface area contributed by atoms with Crippen LogP contribution in [0, 0.1) is 5.82 Å². The zero-order valence-corrected chi connectivity index (χ0v) is 15.0. The zero-order valence-electron chi connectivity index (χ0n) is 14.2. The normalized spacial score (nSPS) is 11.2. The fourth-order valence-corrected chi connectivity index (χ4v) is 3.54. The summed E-state index contributed by atoms with van der Waals surface area (Å²) in [6, 6.07) is 12.9. The van der Waals surface area contributed by atoms with Gasteiger partial charge in [0, 0.05) is 12.7 Å². The molecule has 2 heterocycles. The number of nitrogens with zero attached hydrogens (tertiary/aromatic N) is 4. The lowest BCUT2D eigenvalue weighted by Gasteiger charge is -2.08. The van der Waals surface area contributed by atoms with Gasteiger partial charge in [-0.1, -0.05) is 30.0 Å². The molecule has 4 aromatic rings. The Morgan fingerprint density at radius 3 is 2.81 bits per heavy atom. The van der Waals surface area contributed by atoms with Crippen LogP contribution in [0.1, 0.15) is 0 Å². The SMILES string of the molecule is Cn1c(=O)c2ccccc2n2c(SCC(=O)Nc3cccc(F)c3)nnc12. The van der Waals surface area contributed by atoms with E-state index in [9.17, 15) is 14.0 Å². The molecule has 0 fully saturated rings. The summed E-state index contributed by atoms with van der Waals surface area (Å²) in [5, 5.41) is 11.9. The van der Waals surface area contributed by atoms with Crippen LogP contribution in [0.4, 0.5) is 10.1 Å². The number of fused-ring (bicyclic) bond motifs is 3. The summed E-state index contributed by atoms with van der Waals surface area (Å²) in [7, 11) is 1.63. The van der Waals surface area contributed by atoms with Crippen molar-refractivity contribution in [2.75, 3.05) is 11.1 Å². The van der Waals surface area contributed by atoms with Crippen LogP contribution >= 0.6 is 11.8 Å². The minimum atomic E-state index is -0.420. The summed E-state index contributed by atoms with van der Waals surface area (Å²) in [4.78, 5) is 24.6. The Hall–Kier alpha value is -3.20. The van der Waals surface area contributed by atoms with Crippen LogP contribution in [-0.2, 0) is 11.8 Å². The van der Waals surface area contributed by atoms with Gasteiger partial charge in [-0.2, -0.15) is 0 Å². The predicted molar refractivity (Wildman–Crippen MR) is 101 cm³/mol. The lowest BCUT2D eigenvalue weighted by Crippen LogP contribution is -2.20. The molecule has 7 nitrogen and oxygen atoms in total. The molecule has 9 heteroatoms. The Balaban J connectivity index is 1.63. The second-order valence-electron chi connectivity index (χ2n) is 5.85. The van der Waals surface area contributed by atoms with Crippen molar-refractivity contribution in [3.8, 4) is 0 Å². The Kier molecular flexibility index (Phi) is 4.36. The largest absolute Gasteiger partial charge is 0.325 e. The van der Waals surface area contributed by atoms with Crippen molar-refractivity contribution in [2.24, 2.45) is 7.05 Å². The molecule has 0 aliphatic carbocycles. The Labute approximate surface area is 156 Å². The first-order chi connectivity index (χ1) is 13.0. The van der Waals surface area contributed by atoms with Crippen LogP contribution < -0.4 is 10.9 Å². The molecule has 0 aliphatic rings. The number of carbonyl (C=O) groups excluding carboxylic acids is 1. The number of hydrogen-bond acceptors (Lipinski definition) is 5. The molecular weight excluding hydrogens is 369 g/mol. The Morgan fingerprint density at radius 2 is 2.00 bits per heavy atom. The lowest BCUT2D eigenvalue weighted by atomic mass is 10.2. The number of amides is 1. The monoisotopic (exact) mass is 383 g/mol. The number of carbonyl (C=O) groups is 1. The zero-order chi connectivity index (χ0) is 19.0. The highest BCUT2D eigenvalue weighted by atomic mass is 32.2. The van der Waals surface area contributed by atoms with Crippen molar-refractivity contribution in [3.05, 3.63) is 64.7 Å². The highest BCUT2D eigenvalue weighted by molar-refractivity contribution is 7.99. The van der Waals surface area contributed by atoms with E-state index in [4.69, 9.17) is 0 Å². The molecule has 0 aliphatic heterocycles. The number of aryl methyl sites for hydroxylation is 1. The number of thioether (sulfide) groups is 1. The van der Waals surface area contributed by atoms with Crippen molar-refractivity contribution >= 4 is 40.0 Å². The van der Waals surface area contributed by atoms with Gasteiger partial charge >= 0.3 is 0 Å². The summed E-state index contributed by atoms with van der Waals surface area (Å²) in [6.45, 7) is 0. The van der Waals surface area contributed by atoms with E-state index in [0.29, 0.717) is 27.5 Å². The van der Waals surface area contributed by atoms with Crippen molar-refractivity contribution < 1.29 is 9.18 Å². The van der Waals surface area contributed by atoms with E-state index in [1.807, 2.05) is 12.1 Å². The minimum Gasteiger partial charge on any atom is -0.325 e.